The Kier molecular flexibility index (Phi) is 3.16. The van der Waals surface area contributed by atoms with Crippen LogP contribution in [0.15, 0.2) is 40.8 Å². The zero-order chi connectivity index (χ0) is 16.0. The van der Waals surface area contributed by atoms with E-state index in [0.717, 1.165) is 10.9 Å². The maximum absolute atomic E-state index is 12.5. The Morgan fingerprint density at radius 1 is 1.13 bits per heavy atom. The number of hydrogen-bond acceptors (Lipinski definition) is 4. The van der Waals surface area contributed by atoms with E-state index in [1.54, 1.807) is 36.4 Å². The number of amides is 1. The van der Waals surface area contributed by atoms with Crippen LogP contribution in [0.5, 0.6) is 11.5 Å². The summed E-state index contributed by atoms with van der Waals surface area (Å²) in [5.74, 6) is 1.21. The molecule has 116 valence electrons. The number of rotatable bonds is 2. The lowest BCUT2D eigenvalue weighted by Gasteiger charge is -2.05. The minimum atomic E-state index is -0.325. The first kappa shape index (κ1) is 14.0. The van der Waals surface area contributed by atoms with Crippen LogP contribution in [0.25, 0.3) is 11.0 Å². The van der Waals surface area contributed by atoms with E-state index in [-0.39, 0.29) is 18.5 Å². The molecule has 1 aromatic heterocycles. The van der Waals surface area contributed by atoms with Gasteiger partial charge in [-0.1, -0.05) is 11.6 Å². The summed E-state index contributed by atoms with van der Waals surface area (Å²) in [5.41, 5.74) is 1.99. The summed E-state index contributed by atoms with van der Waals surface area (Å²) in [6.45, 7) is 2.02. The lowest BCUT2D eigenvalue weighted by molar-refractivity contribution is 0.0998. The number of hydrogen-bond donors (Lipinski definition) is 1. The van der Waals surface area contributed by atoms with Gasteiger partial charge >= 0.3 is 0 Å². The number of anilines is 1. The molecule has 0 spiro atoms. The van der Waals surface area contributed by atoms with E-state index in [1.807, 2.05) is 6.92 Å². The van der Waals surface area contributed by atoms with Gasteiger partial charge in [0.1, 0.15) is 5.58 Å². The molecule has 1 amide bonds. The van der Waals surface area contributed by atoms with Crippen LogP contribution >= 0.6 is 11.6 Å². The molecule has 23 heavy (non-hydrogen) atoms. The minimum Gasteiger partial charge on any atom is -0.454 e. The molecule has 0 saturated heterocycles. The van der Waals surface area contributed by atoms with Gasteiger partial charge in [-0.15, -0.1) is 0 Å². The van der Waals surface area contributed by atoms with Crippen LogP contribution < -0.4 is 14.8 Å². The summed E-state index contributed by atoms with van der Waals surface area (Å²) in [5, 5.41) is 4.23. The summed E-state index contributed by atoms with van der Waals surface area (Å²) < 4.78 is 16.2. The van der Waals surface area contributed by atoms with E-state index >= 15 is 0 Å². The molecule has 0 radical (unpaired) electrons. The summed E-state index contributed by atoms with van der Waals surface area (Å²) in [7, 11) is 0. The topological polar surface area (TPSA) is 60.7 Å². The third kappa shape index (κ3) is 2.39. The van der Waals surface area contributed by atoms with Gasteiger partial charge in [-0.25, -0.2) is 0 Å². The predicted molar refractivity (Wildman–Crippen MR) is 86.5 cm³/mol. The van der Waals surface area contributed by atoms with E-state index in [4.69, 9.17) is 25.5 Å². The average Bonchev–Trinajstić information content (AvgIpc) is 3.12. The maximum Gasteiger partial charge on any atom is 0.291 e. The molecule has 0 aliphatic carbocycles. The molecule has 3 aromatic rings. The highest BCUT2D eigenvalue weighted by Crippen LogP contribution is 2.34. The van der Waals surface area contributed by atoms with Crippen molar-refractivity contribution in [1.82, 2.24) is 0 Å². The van der Waals surface area contributed by atoms with Crippen molar-refractivity contribution in [1.29, 1.82) is 0 Å². The quantitative estimate of drug-likeness (QED) is 0.758. The Morgan fingerprint density at radius 3 is 2.83 bits per heavy atom. The number of ether oxygens (including phenoxy) is 2. The number of furan rings is 1. The second-order valence-electron chi connectivity index (χ2n) is 5.22. The summed E-state index contributed by atoms with van der Waals surface area (Å²) in [4.78, 5) is 12.5. The van der Waals surface area contributed by atoms with Crippen molar-refractivity contribution in [3.63, 3.8) is 0 Å². The van der Waals surface area contributed by atoms with Crippen molar-refractivity contribution in [2.75, 3.05) is 12.1 Å². The van der Waals surface area contributed by atoms with E-state index in [2.05, 4.69) is 5.32 Å². The Balaban J connectivity index is 1.65. The molecule has 0 bridgehead atoms. The van der Waals surface area contributed by atoms with Crippen molar-refractivity contribution in [2.24, 2.45) is 0 Å². The number of carbonyl (C=O) groups excluding carboxylic acids is 1. The SMILES string of the molecule is Cc1c(C(=O)Nc2ccc3c(c2)OCO3)oc2ccc(Cl)cc12. The molecule has 0 fully saturated rings. The van der Waals surface area contributed by atoms with Crippen LogP contribution in [0, 0.1) is 6.92 Å². The van der Waals surface area contributed by atoms with Gasteiger partial charge in [0.05, 0.1) is 0 Å². The standard InChI is InChI=1S/C17H12ClNO4/c1-9-12-6-10(18)2-4-13(12)23-16(9)17(20)19-11-3-5-14-15(7-11)22-8-21-14/h2-7H,8H2,1H3,(H,19,20). The molecular weight excluding hydrogens is 318 g/mol. The number of carbonyl (C=O) groups is 1. The van der Waals surface area contributed by atoms with E-state index < -0.39 is 0 Å². The molecule has 0 saturated carbocycles. The van der Waals surface area contributed by atoms with Gasteiger partial charge in [-0.05, 0) is 37.3 Å². The van der Waals surface area contributed by atoms with Crippen LogP contribution in [0.1, 0.15) is 16.1 Å². The van der Waals surface area contributed by atoms with Crippen molar-refractivity contribution >= 4 is 34.2 Å². The first-order chi connectivity index (χ1) is 11.1. The minimum absolute atomic E-state index is 0.191. The third-order valence-electron chi connectivity index (χ3n) is 3.73. The van der Waals surface area contributed by atoms with Gasteiger partial charge in [0.25, 0.3) is 5.91 Å². The smallest absolute Gasteiger partial charge is 0.291 e. The fourth-order valence-electron chi connectivity index (χ4n) is 2.57. The normalized spacial score (nSPS) is 12.6. The lowest BCUT2D eigenvalue weighted by Crippen LogP contribution is -2.12. The molecular formula is C17H12ClNO4. The Morgan fingerprint density at radius 2 is 1.96 bits per heavy atom. The van der Waals surface area contributed by atoms with Gasteiger partial charge in [0, 0.05) is 27.7 Å². The second kappa shape index (κ2) is 5.21. The highest BCUT2D eigenvalue weighted by Gasteiger charge is 2.19. The van der Waals surface area contributed by atoms with Crippen LogP contribution in [-0.2, 0) is 0 Å². The van der Waals surface area contributed by atoms with E-state index in [9.17, 15) is 4.79 Å². The summed E-state index contributed by atoms with van der Waals surface area (Å²) >= 11 is 6.00. The number of fused-ring (bicyclic) bond motifs is 2. The predicted octanol–water partition coefficient (Wildman–Crippen LogP) is 4.38. The fourth-order valence-corrected chi connectivity index (χ4v) is 2.74. The highest BCUT2D eigenvalue weighted by molar-refractivity contribution is 6.31. The molecule has 1 N–H and O–H groups in total. The van der Waals surface area contributed by atoms with Crippen molar-refractivity contribution in [3.8, 4) is 11.5 Å². The van der Waals surface area contributed by atoms with Crippen LogP contribution in [-0.4, -0.2) is 12.7 Å². The van der Waals surface area contributed by atoms with Crippen molar-refractivity contribution in [2.45, 2.75) is 6.92 Å². The molecule has 0 unspecified atom stereocenters. The van der Waals surface area contributed by atoms with E-state index in [0.29, 0.717) is 27.8 Å². The third-order valence-corrected chi connectivity index (χ3v) is 3.97. The Bertz CT molecular complexity index is 932. The molecule has 2 heterocycles. The number of nitrogens with one attached hydrogen (secondary N) is 1. The molecule has 0 atom stereocenters. The molecule has 1 aliphatic heterocycles. The van der Waals surface area contributed by atoms with Crippen molar-refractivity contribution < 1.29 is 18.7 Å². The number of halogens is 1. The largest absolute Gasteiger partial charge is 0.454 e. The van der Waals surface area contributed by atoms with E-state index in [1.165, 1.54) is 0 Å². The first-order valence-electron chi connectivity index (χ1n) is 7.01. The lowest BCUT2D eigenvalue weighted by atomic mass is 10.1. The second-order valence-corrected chi connectivity index (χ2v) is 5.66. The molecule has 5 nitrogen and oxygen atoms in total. The van der Waals surface area contributed by atoms with Gasteiger partial charge < -0.3 is 19.2 Å². The van der Waals surface area contributed by atoms with Gasteiger partial charge in [0.15, 0.2) is 17.3 Å². The Hall–Kier alpha value is -2.66. The molecule has 2 aromatic carbocycles. The van der Waals surface area contributed by atoms with Crippen LogP contribution in [0.4, 0.5) is 5.69 Å². The molecule has 1 aliphatic rings. The maximum atomic E-state index is 12.5. The van der Waals surface area contributed by atoms with Crippen LogP contribution in [0.3, 0.4) is 0 Å². The monoisotopic (exact) mass is 329 g/mol. The summed E-state index contributed by atoms with van der Waals surface area (Å²) in [6, 6.07) is 10.5. The zero-order valence-electron chi connectivity index (χ0n) is 12.2. The average molecular weight is 330 g/mol. The molecule has 6 heteroatoms. The van der Waals surface area contributed by atoms with Gasteiger partial charge in [-0.2, -0.15) is 0 Å². The van der Waals surface area contributed by atoms with Gasteiger partial charge in [0.2, 0.25) is 6.79 Å². The highest BCUT2D eigenvalue weighted by atomic mass is 35.5. The van der Waals surface area contributed by atoms with Gasteiger partial charge in [-0.3, -0.25) is 4.79 Å². The Labute approximate surface area is 136 Å². The number of aryl methyl sites for hydroxylation is 1. The zero-order valence-corrected chi connectivity index (χ0v) is 12.9. The number of benzene rings is 2. The molecule has 4 rings (SSSR count). The van der Waals surface area contributed by atoms with Crippen molar-refractivity contribution in [3.05, 3.63) is 52.7 Å². The first-order valence-corrected chi connectivity index (χ1v) is 7.39. The fraction of sp³-hybridized carbons (Fsp3) is 0.118. The summed E-state index contributed by atoms with van der Waals surface area (Å²) in [6.07, 6.45) is 0. The van der Waals surface area contributed by atoms with Crippen LogP contribution in [0.2, 0.25) is 5.02 Å².